The van der Waals surface area contributed by atoms with Crippen LogP contribution in [0.2, 0.25) is 0 Å². The standard InChI is InChI=1S/C25H26N2O2/c1-20(28)27(19-23-15-9-4-10-16-23)24(17-21-11-5-2-6-12-21)25(29)26-18-22-13-7-3-8-14-22/h2-16,24H,17-19H2,1H3,(H,26,29). The van der Waals surface area contributed by atoms with Crippen molar-refractivity contribution in [2.75, 3.05) is 0 Å². The van der Waals surface area contributed by atoms with Crippen molar-refractivity contribution in [2.24, 2.45) is 0 Å². The molecule has 4 heteroatoms. The molecule has 0 radical (unpaired) electrons. The molecule has 1 unspecified atom stereocenters. The molecule has 148 valence electrons. The second-order valence-corrected chi connectivity index (χ2v) is 7.04. The quantitative estimate of drug-likeness (QED) is 0.637. The molecule has 0 saturated heterocycles. The topological polar surface area (TPSA) is 49.4 Å². The van der Waals surface area contributed by atoms with Crippen molar-refractivity contribution < 1.29 is 9.59 Å². The van der Waals surface area contributed by atoms with Crippen molar-refractivity contribution in [3.8, 4) is 0 Å². The summed E-state index contributed by atoms with van der Waals surface area (Å²) in [7, 11) is 0. The van der Waals surface area contributed by atoms with Crippen LogP contribution in [0.5, 0.6) is 0 Å². The van der Waals surface area contributed by atoms with Gasteiger partial charge in [-0.2, -0.15) is 0 Å². The van der Waals surface area contributed by atoms with Crippen LogP contribution < -0.4 is 5.32 Å². The van der Waals surface area contributed by atoms with E-state index in [0.29, 0.717) is 19.5 Å². The van der Waals surface area contributed by atoms with Gasteiger partial charge in [0.15, 0.2) is 0 Å². The molecule has 3 rings (SSSR count). The Morgan fingerprint density at radius 3 is 1.76 bits per heavy atom. The van der Waals surface area contributed by atoms with Gasteiger partial charge >= 0.3 is 0 Å². The maximum Gasteiger partial charge on any atom is 0.243 e. The Bertz CT molecular complexity index is 911. The van der Waals surface area contributed by atoms with Crippen LogP contribution in [0.15, 0.2) is 91.0 Å². The van der Waals surface area contributed by atoms with Crippen LogP contribution in [0.25, 0.3) is 0 Å². The molecule has 3 aromatic carbocycles. The highest BCUT2D eigenvalue weighted by Gasteiger charge is 2.28. The molecule has 0 heterocycles. The lowest BCUT2D eigenvalue weighted by molar-refractivity contribution is -0.139. The van der Waals surface area contributed by atoms with E-state index in [1.54, 1.807) is 4.90 Å². The van der Waals surface area contributed by atoms with E-state index >= 15 is 0 Å². The third-order valence-corrected chi connectivity index (χ3v) is 4.86. The highest BCUT2D eigenvalue weighted by atomic mass is 16.2. The molecular weight excluding hydrogens is 360 g/mol. The monoisotopic (exact) mass is 386 g/mol. The van der Waals surface area contributed by atoms with Crippen LogP contribution >= 0.6 is 0 Å². The van der Waals surface area contributed by atoms with Crippen molar-refractivity contribution in [3.05, 3.63) is 108 Å². The summed E-state index contributed by atoms with van der Waals surface area (Å²) in [5.74, 6) is -0.270. The molecule has 0 saturated carbocycles. The molecule has 4 nitrogen and oxygen atoms in total. The zero-order valence-electron chi connectivity index (χ0n) is 16.6. The first-order valence-electron chi connectivity index (χ1n) is 9.80. The lowest BCUT2D eigenvalue weighted by Crippen LogP contribution is -2.49. The molecule has 0 bridgehead atoms. The fourth-order valence-electron chi connectivity index (χ4n) is 3.31. The Balaban J connectivity index is 1.81. The van der Waals surface area contributed by atoms with Gasteiger partial charge in [-0.15, -0.1) is 0 Å². The maximum atomic E-state index is 13.2. The maximum absolute atomic E-state index is 13.2. The zero-order valence-corrected chi connectivity index (χ0v) is 16.6. The lowest BCUT2D eigenvalue weighted by Gasteiger charge is -2.30. The molecule has 1 atom stereocenters. The van der Waals surface area contributed by atoms with Gasteiger partial charge in [-0.1, -0.05) is 91.0 Å². The zero-order chi connectivity index (χ0) is 20.5. The van der Waals surface area contributed by atoms with Crippen LogP contribution in [-0.4, -0.2) is 22.8 Å². The Morgan fingerprint density at radius 2 is 1.24 bits per heavy atom. The van der Waals surface area contributed by atoms with Gasteiger partial charge in [-0.05, 0) is 16.7 Å². The van der Waals surface area contributed by atoms with Gasteiger partial charge in [0.2, 0.25) is 11.8 Å². The average Bonchev–Trinajstić information content (AvgIpc) is 2.76. The van der Waals surface area contributed by atoms with E-state index in [9.17, 15) is 9.59 Å². The normalized spacial score (nSPS) is 11.5. The van der Waals surface area contributed by atoms with Gasteiger partial charge in [0.1, 0.15) is 6.04 Å². The highest BCUT2D eigenvalue weighted by molar-refractivity contribution is 5.87. The first-order valence-corrected chi connectivity index (χ1v) is 9.80. The molecule has 0 aliphatic carbocycles. The van der Waals surface area contributed by atoms with E-state index in [1.165, 1.54) is 6.92 Å². The number of carbonyl (C=O) groups is 2. The number of hydrogen-bond donors (Lipinski definition) is 1. The van der Waals surface area contributed by atoms with E-state index in [0.717, 1.165) is 16.7 Å². The number of benzene rings is 3. The third kappa shape index (κ3) is 6.04. The van der Waals surface area contributed by atoms with Crippen LogP contribution in [0, 0.1) is 0 Å². The number of hydrogen-bond acceptors (Lipinski definition) is 2. The van der Waals surface area contributed by atoms with Gasteiger partial charge in [0.25, 0.3) is 0 Å². The summed E-state index contributed by atoms with van der Waals surface area (Å²) >= 11 is 0. The first-order chi connectivity index (χ1) is 14.1. The molecule has 2 amide bonds. The third-order valence-electron chi connectivity index (χ3n) is 4.86. The van der Waals surface area contributed by atoms with Crippen LogP contribution in [0.3, 0.4) is 0 Å². The minimum Gasteiger partial charge on any atom is -0.350 e. The molecule has 1 N–H and O–H groups in total. The lowest BCUT2D eigenvalue weighted by atomic mass is 10.0. The number of amides is 2. The largest absolute Gasteiger partial charge is 0.350 e. The SMILES string of the molecule is CC(=O)N(Cc1ccccc1)C(Cc1ccccc1)C(=O)NCc1ccccc1. The van der Waals surface area contributed by atoms with Crippen LogP contribution in [0.4, 0.5) is 0 Å². The molecular formula is C25H26N2O2. The van der Waals surface area contributed by atoms with Crippen molar-refractivity contribution in [3.63, 3.8) is 0 Å². The number of nitrogens with zero attached hydrogens (tertiary/aromatic N) is 1. The summed E-state index contributed by atoms with van der Waals surface area (Å²) in [5, 5.41) is 3.01. The Hall–Kier alpha value is -3.40. The summed E-state index contributed by atoms with van der Waals surface area (Å²) in [6.45, 7) is 2.35. The van der Waals surface area contributed by atoms with E-state index in [1.807, 2.05) is 91.0 Å². The Kier molecular flexibility index (Phi) is 7.17. The van der Waals surface area contributed by atoms with Crippen molar-refractivity contribution in [1.29, 1.82) is 0 Å². The fourth-order valence-corrected chi connectivity index (χ4v) is 3.31. The molecule has 0 aromatic heterocycles. The van der Waals surface area contributed by atoms with E-state index in [-0.39, 0.29) is 11.8 Å². The van der Waals surface area contributed by atoms with Crippen molar-refractivity contribution in [2.45, 2.75) is 32.5 Å². The number of nitrogens with one attached hydrogen (secondary N) is 1. The minimum absolute atomic E-state index is 0.121. The summed E-state index contributed by atoms with van der Waals surface area (Å²) in [4.78, 5) is 27.3. The Labute approximate surface area is 172 Å². The summed E-state index contributed by atoms with van der Waals surface area (Å²) < 4.78 is 0. The first kappa shape index (κ1) is 20.3. The predicted octanol–water partition coefficient (Wildman–Crippen LogP) is 3.96. The van der Waals surface area contributed by atoms with Gasteiger partial charge in [-0.25, -0.2) is 0 Å². The van der Waals surface area contributed by atoms with E-state index in [4.69, 9.17) is 0 Å². The average molecular weight is 386 g/mol. The molecule has 0 aliphatic rings. The van der Waals surface area contributed by atoms with Gasteiger partial charge in [-0.3, -0.25) is 9.59 Å². The molecule has 3 aromatic rings. The number of rotatable bonds is 8. The number of carbonyl (C=O) groups excluding carboxylic acids is 2. The summed E-state index contributed by atoms with van der Waals surface area (Å²) in [5.41, 5.74) is 3.04. The smallest absolute Gasteiger partial charge is 0.243 e. The highest BCUT2D eigenvalue weighted by Crippen LogP contribution is 2.15. The van der Waals surface area contributed by atoms with Crippen molar-refractivity contribution >= 4 is 11.8 Å². The van der Waals surface area contributed by atoms with Crippen LogP contribution in [0.1, 0.15) is 23.6 Å². The second-order valence-electron chi connectivity index (χ2n) is 7.04. The summed E-state index contributed by atoms with van der Waals surface area (Å²) in [6.07, 6.45) is 0.466. The molecule has 0 aliphatic heterocycles. The molecule has 0 spiro atoms. The fraction of sp³-hybridized carbons (Fsp3) is 0.200. The molecule has 0 fully saturated rings. The van der Waals surface area contributed by atoms with E-state index in [2.05, 4.69) is 5.32 Å². The van der Waals surface area contributed by atoms with E-state index < -0.39 is 6.04 Å². The second kappa shape index (κ2) is 10.2. The van der Waals surface area contributed by atoms with Crippen LogP contribution in [-0.2, 0) is 29.1 Å². The summed E-state index contributed by atoms with van der Waals surface area (Å²) in [6, 6.07) is 28.8. The Morgan fingerprint density at radius 1 is 0.759 bits per heavy atom. The van der Waals surface area contributed by atoms with Gasteiger partial charge in [0.05, 0.1) is 0 Å². The minimum atomic E-state index is -0.584. The van der Waals surface area contributed by atoms with Gasteiger partial charge in [0, 0.05) is 26.4 Å². The molecule has 29 heavy (non-hydrogen) atoms. The van der Waals surface area contributed by atoms with Gasteiger partial charge < -0.3 is 10.2 Å². The van der Waals surface area contributed by atoms with Crippen molar-refractivity contribution in [1.82, 2.24) is 10.2 Å². The predicted molar refractivity (Wildman–Crippen MR) is 115 cm³/mol.